The first-order valence-corrected chi connectivity index (χ1v) is 7.09. The zero-order valence-corrected chi connectivity index (χ0v) is 12.7. The predicted molar refractivity (Wildman–Crippen MR) is 82.1 cm³/mol. The van der Waals surface area contributed by atoms with Crippen molar-refractivity contribution in [2.45, 2.75) is 26.9 Å². The van der Waals surface area contributed by atoms with Crippen LogP contribution >= 0.6 is 11.6 Å². The summed E-state index contributed by atoms with van der Waals surface area (Å²) in [5.74, 6) is 0.00300. The number of aromatic nitrogens is 2. The Morgan fingerprint density at radius 1 is 1.43 bits per heavy atom. The van der Waals surface area contributed by atoms with Gasteiger partial charge in [-0.1, -0.05) is 37.6 Å². The molecule has 0 saturated heterocycles. The van der Waals surface area contributed by atoms with Gasteiger partial charge >= 0.3 is 0 Å². The Bertz CT molecular complexity index is 685. The van der Waals surface area contributed by atoms with Gasteiger partial charge < -0.3 is 5.32 Å². The van der Waals surface area contributed by atoms with Crippen LogP contribution in [0.5, 0.6) is 0 Å². The van der Waals surface area contributed by atoms with Crippen LogP contribution in [0, 0.1) is 11.7 Å². The molecule has 2 aromatic rings. The van der Waals surface area contributed by atoms with Crippen molar-refractivity contribution < 1.29 is 4.39 Å². The largest absolute Gasteiger partial charge is 0.378 e. The number of benzene rings is 1. The zero-order valence-electron chi connectivity index (χ0n) is 11.9. The predicted octanol–water partition coefficient (Wildman–Crippen LogP) is 3.30. The number of hydrogen-bond donors (Lipinski definition) is 1. The molecule has 1 N–H and O–H groups in total. The Morgan fingerprint density at radius 2 is 2.19 bits per heavy atom. The molecule has 0 amide bonds. The van der Waals surface area contributed by atoms with Gasteiger partial charge in [0.15, 0.2) is 0 Å². The van der Waals surface area contributed by atoms with Crippen molar-refractivity contribution in [2.24, 2.45) is 5.92 Å². The highest BCUT2D eigenvalue weighted by atomic mass is 35.5. The first-order chi connectivity index (χ1) is 9.97. The van der Waals surface area contributed by atoms with E-state index in [0.717, 1.165) is 5.56 Å². The summed E-state index contributed by atoms with van der Waals surface area (Å²) in [6, 6.07) is 6.23. The molecule has 21 heavy (non-hydrogen) atoms. The van der Waals surface area contributed by atoms with Crippen LogP contribution in [0.25, 0.3) is 0 Å². The fourth-order valence-corrected chi connectivity index (χ4v) is 2.12. The highest BCUT2D eigenvalue weighted by molar-refractivity contribution is 6.32. The van der Waals surface area contributed by atoms with E-state index in [2.05, 4.69) is 10.4 Å². The third-order valence-corrected chi connectivity index (χ3v) is 3.26. The molecule has 1 heterocycles. The number of hydrogen-bond acceptors (Lipinski definition) is 3. The van der Waals surface area contributed by atoms with Gasteiger partial charge in [-0.3, -0.25) is 4.79 Å². The number of rotatable bonds is 5. The standard InChI is InChI=1S/C15H17ClFN3O/c1-10(2)9-20-15(21)14(16)13(8-19-20)18-7-11-4-3-5-12(17)6-11/h3-6,8,10,18H,7,9H2,1-2H3. The molecule has 0 spiro atoms. The van der Waals surface area contributed by atoms with Gasteiger partial charge in [0.05, 0.1) is 11.9 Å². The van der Waals surface area contributed by atoms with Gasteiger partial charge in [0, 0.05) is 13.1 Å². The summed E-state index contributed by atoms with van der Waals surface area (Å²) >= 11 is 6.07. The Labute approximate surface area is 127 Å². The van der Waals surface area contributed by atoms with E-state index >= 15 is 0 Å². The van der Waals surface area contributed by atoms with E-state index in [4.69, 9.17) is 11.6 Å². The van der Waals surface area contributed by atoms with Gasteiger partial charge in [-0.25, -0.2) is 9.07 Å². The maximum absolute atomic E-state index is 13.1. The summed E-state index contributed by atoms with van der Waals surface area (Å²) in [6.07, 6.45) is 1.52. The van der Waals surface area contributed by atoms with Crippen molar-refractivity contribution in [1.29, 1.82) is 0 Å². The maximum Gasteiger partial charge on any atom is 0.287 e. The van der Waals surface area contributed by atoms with Crippen molar-refractivity contribution in [3.05, 3.63) is 57.2 Å². The van der Waals surface area contributed by atoms with Crippen molar-refractivity contribution in [3.63, 3.8) is 0 Å². The SMILES string of the molecule is CC(C)Cn1ncc(NCc2cccc(F)c2)c(Cl)c1=O. The summed E-state index contributed by atoms with van der Waals surface area (Å²) < 4.78 is 14.4. The molecule has 2 rings (SSSR count). The topological polar surface area (TPSA) is 46.9 Å². The van der Waals surface area contributed by atoms with E-state index in [-0.39, 0.29) is 16.4 Å². The van der Waals surface area contributed by atoms with Crippen molar-refractivity contribution in [2.75, 3.05) is 5.32 Å². The third kappa shape index (κ3) is 4.04. The third-order valence-electron chi connectivity index (χ3n) is 2.89. The Balaban J connectivity index is 2.14. The summed E-state index contributed by atoms with van der Waals surface area (Å²) in [4.78, 5) is 12.1. The second-order valence-corrected chi connectivity index (χ2v) is 5.61. The van der Waals surface area contributed by atoms with Gasteiger partial charge in [-0.05, 0) is 23.6 Å². The normalized spacial score (nSPS) is 10.9. The lowest BCUT2D eigenvalue weighted by molar-refractivity contribution is 0.464. The quantitative estimate of drug-likeness (QED) is 0.922. The highest BCUT2D eigenvalue weighted by Gasteiger charge is 2.10. The lowest BCUT2D eigenvalue weighted by Gasteiger charge is -2.11. The fourth-order valence-electron chi connectivity index (χ4n) is 1.91. The molecule has 0 aliphatic heterocycles. The second kappa shape index (κ2) is 6.72. The fraction of sp³-hybridized carbons (Fsp3) is 0.333. The highest BCUT2D eigenvalue weighted by Crippen LogP contribution is 2.17. The molecule has 0 saturated carbocycles. The van der Waals surface area contributed by atoms with Crippen molar-refractivity contribution in [3.8, 4) is 0 Å². The Morgan fingerprint density at radius 3 is 2.86 bits per heavy atom. The van der Waals surface area contributed by atoms with Gasteiger partial charge in [0.2, 0.25) is 0 Å². The van der Waals surface area contributed by atoms with Crippen LogP contribution in [0.4, 0.5) is 10.1 Å². The van der Waals surface area contributed by atoms with Gasteiger partial charge in [-0.15, -0.1) is 0 Å². The first-order valence-electron chi connectivity index (χ1n) is 6.71. The van der Waals surface area contributed by atoms with Crippen LogP contribution in [0.15, 0.2) is 35.3 Å². The summed E-state index contributed by atoms with van der Waals surface area (Å²) in [7, 11) is 0. The van der Waals surface area contributed by atoms with E-state index in [1.165, 1.54) is 23.0 Å². The van der Waals surface area contributed by atoms with E-state index in [1.807, 2.05) is 13.8 Å². The van der Waals surface area contributed by atoms with Crippen LogP contribution < -0.4 is 10.9 Å². The van der Waals surface area contributed by atoms with Gasteiger partial charge in [0.1, 0.15) is 10.8 Å². The average molecular weight is 310 g/mol. The minimum atomic E-state index is -0.324. The van der Waals surface area contributed by atoms with E-state index in [0.29, 0.717) is 24.7 Å². The van der Waals surface area contributed by atoms with Crippen LogP contribution in [-0.4, -0.2) is 9.78 Å². The lowest BCUT2D eigenvalue weighted by atomic mass is 10.2. The molecule has 1 aromatic heterocycles. The molecule has 0 aliphatic rings. The van der Waals surface area contributed by atoms with Crippen molar-refractivity contribution in [1.82, 2.24) is 9.78 Å². The number of nitrogens with zero attached hydrogens (tertiary/aromatic N) is 2. The number of halogens is 2. The first kappa shape index (κ1) is 15.5. The lowest BCUT2D eigenvalue weighted by Crippen LogP contribution is -2.26. The number of nitrogens with one attached hydrogen (secondary N) is 1. The maximum atomic E-state index is 13.1. The van der Waals surface area contributed by atoms with Crippen LogP contribution in [0.2, 0.25) is 5.02 Å². The molecule has 1 aromatic carbocycles. The second-order valence-electron chi connectivity index (χ2n) is 5.24. The minimum Gasteiger partial charge on any atom is -0.378 e. The molecule has 0 radical (unpaired) electrons. The molecule has 4 nitrogen and oxygen atoms in total. The molecular formula is C15H17ClFN3O. The zero-order chi connectivity index (χ0) is 15.4. The molecule has 112 valence electrons. The smallest absolute Gasteiger partial charge is 0.287 e. The summed E-state index contributed by atoms with van der Waals surface area (Å²) in [6.45, 7) is 4.88. The Kier molecular flexibility index (Phi) is 4.96. The van der Waals surface area contributed by atoms with Gasteiger partial charge in [-0.2, -0.15) is 5.10 Å². The van der Waals surface area contributed by atoms with Crippen LogP contribution in [-0.2, 0) is 13.1 Å². The molecule has 0 unspecified atom stereocenters. The molecule has 0 atom stereocenters. The van der Waals surface area contributed by atoms with E-state index < -0.39 is 0 Å². The van der Waals surface area contributed by atoms with E-state index in [1.54, 1.807) is 12.1 Å². The average Bonchev–Trinajstić information content (AvgIpc) is 2.43. The minimum absolute atomic E-state index is 0.0991. The Hall–Kier alpha value is -1.88. The molecular weight excluding hydrogens is 293 g/mol. The molecule has 0 fully saturated rings. The van der Waals surface area contributed by atoms with Crippen molar-refractivity contribution >= 4 is 17.3 Å². The molecule has 0 aliphatic carbocycles. The summed E-state index contributed by atoms with van der Waals surface area (Å²) in [5, 5.41) is 7.19. The summed E-state index contributed by atoms with van der Waals surface area (Å²) in [5.41, 5.74) is 0.887. The van der Waals surface area contributed by atoms with Crippen LogP contribution in [0.1, 0.15) is 19.4 Å². The van der Waals surface area contributed by atoms with E-state index in [9.17, 15) is 9.18 Å². The van der Waals surface area contributed by atoms with Gasteiger partial charge in [0.25, 0.3) is 5.56 Å². The monoisotopic (exact) mass is 309 g/mol. The number of anilines is 1. The molecule has 6 heteroatoms. The van der Waals surface area contributed by atoms with Crippen LogP contribution in [0.3, 0.4) is 0 Å². The molecule has 0 bridgehead atoms.